The molecule has 3 aliphatic rings. The number of nitrogens with zero attached hydrogens (tertiary/aromatic N) is 3. The van der Waals surface area contributed by atoms with Crippen LogP contribution in [0.25, 0.3) is 0 Å². The second-order valence-corrected chi connectivity index (χ2v) is 3.69. The summed E-state index contributed by atoms with van der Waals surface area (Å²) in [6.45, 7) is 1.69. The van der Waals surface area contributed by atoms with Crippen molar-refractivity contribution in [2.45, 2.75) is 6.92 Å². The van der Waals surface area contributed by atoms with E-state index >= 15 is 0 Å². The third-order valence-electron chi connectivity index (χ3n) is 2.32. The van der Waals surface area contributed by atoms with Gasteiger partial charge in [0.1, 0.15) is 0 Å². The molecule has 0 saturated heterocycles. The Labute approximate surface area is 88.2 Å². The molecular weight excluding hydrogens is 222 g/mol. The maximum atomic E-state index is 11.7. The van der Waals surface area contributed by atoms with Crippen molar-refractivity contribution in [1.29, 1.82) is 0 Å². The maximum Gasteiger partial charge on any atom is 0.514 e. The summed E-state index contributed by atoms with van der Waals surface area (Å²) in [7, 11) is 0. The second kappa shape index (κ2) is 2.35. The first-order valence-corrected chi connectivity index (χ1v) is 4.51. The summed E-state index contributed by atoms with van der Waals surface area (Å²) in [5.74, 6) is 0.238. The van der Waals surface area contributed by atoms with Crippen molar-refractivity contribution >= 4 is 17.6 Å². The van der Waals surface area contributed by atoms with Gasteiger partial charge in [-0.3, -0.25) is 4.84 Å². The Bertz CT molecular complexity index is 627. The van der Waals surface area contributed by atoms with E-state index in [1.54, 1.807) is 6.92 Å². The third kappa shape index (κ3) is 0.930. The number of hydrogen-bond donors (Lipinski definition) is 0. The molecule has 0 saturated carbocycles. The number of benzene rings is 1. The van der Waals surface area contributed by atoms with Crippen LogP contribution < -0.4 is 15.6 Å². The molecule has 0 N–H and O–H groups in total. The van der Waals surface area contributed by atoms with Crippen LogP contribution in [0.5, 0.6) is 5.75 Å². The van der Waals surface area contributed by atoms with Gasteiger partial charge in [-0.15, -0.1) is 4.99 Å². The Morgan fingerprint density at radius 2 is 2.33 bits per heavy atom. The minimum Gasteiger partial charge on any atom is -0.552 e. The predicted molar refractivity (Wildman–Crippen MR) is 48.2 cm³/mol. The third-order valence-corrected chi connectivity index (χ3v) is 2.72. The first-order valence-electron chi connectivity index (χ1n) is 4.13. The van der Waals surface area contributed by atoms with Crippen LogP contribution in [-0.2, 0) is 0 Å². The molecule has 3 heterocycles. The van der Waals surface area contributed by atoms with Crippen LogP contribution in [0.1, 0.15) is 5.56 Å². The van der Waals surface area contributed by atoms with Crippen LogP contribution in [0.2, 0.25) is 5.02 Å². The Morgan fingerprint density at radius 3 is 3.00 bits per heavy atom. The average Bonchev–Trinajstić information content (AvgIpc) is 2.16. The predicted octanol–water partition coefficient (Wildman–Crippen LogP) is 0.558. The van der Waals surface area contributed by atoms with Crippen LogP contribution in [0.4, 0.5) is 4.79 Å². The molecule has 3 aliphatic heterocycles. The molecule has 4 bridgehead atoms. The van der Waals surface area contributed by atoms with Crippen molar-refractivity contribution in [3.63, 3.8) is 0 Å². The molecule has 0 aromatic heterocycles. The van der Waals surface area contributed by atoms with Gasteiger partial charge in [-0.2, -0.15) is 4.79 Å². The monoisotopic (exact) mass is 225 g/mol. The topological polar surface area (TPSA) is 74.1 Å². The Kier molecular flexibility index (Phi) is 1.38. The van der Waals surface area contributed by atoms with E-state index in [4.69, 9.17) is 16.4 Å². The Hall–Kier alpha value is -1.50. The molecule has 1 atom stereocenters. The molecule has 7 heteroatoms. The number of carbonyl (C=O) groups is 1. The number of rotatable bonds is 0. The number of carbonyl (C=O) groups excluding carboxylic acids is 1. The number of hydrogen-bond acceptors (Lipinski definition) is 4. The van der Waals surface area contributed by atoms with Gasteiger partial charge >= 0.3 is 6.03 Å². The number of amides is 2. The molecule has 0 aliphatic carbocycles. The number of halogens is 1. The fourth-order valence-corrected chi connectivity index (χ4v) is 1.71. The van der Waals surface area contributed by atoms with Gasteiger partial charge in [0, 0.05) is 15.5 Å². The van der Waals surface area contributed by atoms with Gasteiger partial charge in [-0.1, -0.05) is 11.6 Å². The highest BCUT2D eigenvalue weighted by Gasteiger charge is 2.41. The highest BCUT2D eigenvalue weighted by atomic mass is 35.5. The molecule has 15 heavy (non-hydrogen) atoms. The first kappa shape index (κ1) is 8.78. The lowest BCUT2D eigenvalue weighted by molar-refractivity contribution is -0.982. The molecule has 1 unspecified atom stereocenters. The van der Waals surface area contributed by atoms with Crippen molar-refractivity contribution < 1.29 is 14.6 Å². The summed E-state index contributed by atoms with van der Waals surface area (Å²) in [6, 6.07) is 0.524. The minimum absolute atomic E-state index is 0.238. The van der Waals surface area contributed by atoms with E-state index < -0.39 is 10.9 Å². The molecule has 1 aromatic carbocycles. The Morgan fingerprint density at radius 1 is 1.60 bits per heavy atom. The molecule has 76 valence electrons. The fourth-order valence-electron chi connectivity index (χ4n) is 1.52. The van der Waals surface area contributed by atoms with Gasteiger partial charge in [0.15, 0.2) is 10.7 Å². The largest absolute Gasteiger partial charge is 0.552 e. The lowest BCUT2D eigenvalue weighted by atomic mass is 10.2. The van der Waals surface area contributed by atoms with E-state index in [0.29, 0.717) is 15.9 Å². The molecule has 6 nitrogen and oxygen atoms in total. The van der Waals surface area contributed by atoms with Crippen molar-refractivity contribution in [1.82, 2.24) is 0 Å². The Balaban J connectivity index is 2.57. The van der Waals surface area contributed by atoms with E-state index in [1.165, 1.54) is 6.07 Å². The smallest absolute Gasteiger partial charge is 0.514 e. The summed E-state index contributed by atoms with van der Waals surface area (Å²) >= 11 is 5.88. The van der Waals surface area contributed by atoms with Crippen LogP contribution in [0.15, 0.2) is 16.2 Å². The van der Waals surface area contributed by atoms with E-state index in [2.05, 4.69) is 10.1 Å². The molecular formula is C8H4ClN3O3. The van der Waals surface area contributed by atoms with Crippen molar-refractivity contribution in [2.75, 3.05) is 0 Å². The quantitative estimate of drug-likeness (QED) is 0.478. The maximum absolute atomic E-state index is 11.7. The fraction of sp³-hybridized carbons (Fsp3) is 0.125. The van der Waals surface area contributed by atoms with E-state index in [1.807, 2.05) is 0 Å². The van der Waals surface area contributed by atoms with Crippen molar-refractivity contribution in [3.05, 3.63) is 32.6 Å². The summed E-state index contributed by atoms with van der Waals surface area (Å²) < 4.78 is 0. The van der Waals surface area contributed by atoms with Gasteiger partial charge in [-0.05, 0) is 18.1 Å². The van der Waals surface area contributed by atoms with Gasteiger partial charge in [0.2, 0.25) is 5.75 Å². The van der Waals surface area contributed by atoms with Gasteiger partial charge in [0.05, 0.1) is 0 Å². The zero-order valence-corrected chi connectivity index (χ0v) is 8.28. The number of fused-ring (bicyclic) bond motifs is 1. The van der Waals surface area contributed by atoms with E-state index in [-0.39, 0.29) is 11.1 Å². The normalized spacial score (nSPS) is 25.7. The van der Waals surface area contributed by atoms with Gasteiger partial charge in [-0.25, -0.2) is 0 Å². The van der Waals surface area contributed by atoms with Gasteiger partial charge in [0.25, 0.3) is 0 Å². The number of quaternary nitrogens is 1. The van der Waals surface area contributed by atoms with Crippen molar-refractivity contribution in [2.24, 2.45) is 10.1 Å². The van der Waals surface area contributed by atoms with Gasteiger partial charge < -0.3 is 5.21 Å². The minimum atomic E-state index is -1.76. The van der Waals surface area contributed by atoms with E-state index in [0.717, 1.165) is 0 Å². The molecule has 2 amide bonds. The van der Waals surface area contributed by atoms with Crippen LogP contribution in [0, 0.1) is 12.1 Å². The van der Waals surface area contributed by atoms with Crippen LogP contribution in [-0.4, -0.2) is 10.9 Å². The second-order valence-electron chi connectivity index (χ2n) is 3.29. The molecule has 1 aromatic rings. The highest BCUT2D eigenvalue weighted by Crippen LogP contribution is 2.28. The number of urea groups is 1. The zero-order valence-electron chi connectivity index (χ0n) is 7.52. The summed E-state index contributed by atoms with van der Waals surface area (Å²) in [4.78, 5) is 17.9. The highest BCUT2D eigenvalue weighted by molar-refractivity contribution is 6.31. The lowest BCUT2D eigenvalue weighted by Crippen LogP contribution is -2.57. The van der Waals surface area contributed by atoms with Crippen LogP contribution >= 0.6 is 11.6 Å². The molecule has 0 fully saturated rings. The zero-order chi connectivity index (χ0) is 10.8. The summed E-state index contributed by atoms with van der Waals surface area (Å²) in [5, 5.41) is 16.3. The van der Waals surface area contributed by atoms with Crippen molar-refractivity contribution in [3.8, 4) is 5.75 Å². The lowest BCUT2D eigenvalue weighted by Gasteiger charge is -2.32. The number of hydroxylamine groups is 2. The SMILES string of the molecule is Cc1c(Cl)cc2c3c1O[N+]([O-])(N=2)C(=O)N=3. The molecule has 4 rings (SSSR count). The van der Waals surface area contributed by atoms with E-state index in [9.17, 15) is 10.0 Å². The standard InChI is InChI=1S/C8H4ClN3O3/c1-3-4(9)2-5-6-7(3)15-12(14,11-5)8(13)10-6/h2H,1H3. The molecule has 0 radical (unpaired) electrons. The summed E-state index contributed by atoms with van der Waals surface area (Å²) in [5.41, 5.74) is 0.583. The first-order chi connectivity index (χ1) is 7.01. The summed E-state index contributed by atoms with van der Waals surface area (Å²) in [6.07, 6.45) is 0. The average molecular weight is 226 g/mol. The van der Waals surface area contributed by atoms with Crippen LogP contribution in [0.3, 0.4) is 0 Å². The molecule has 0 spiro atoms.